The number of carbonyl (C=O) groups excluding carboxylic acids is 2. The molecule has 0 unspecified atom stereocenters. The number of aromatic nitrogens is 2. The van der Waals surface area contributed by atoms with Crippen molar-refractivity contribution in [2.45, 2.75) is 34.2 Å². The Bertz CT molecular complexity index is 1130. The van der Waals surface area contributed by atoms with Crippen LogP contribution >= 0.6 is 0 Å². The fourth-order valence-electron chi connectivity index (χ4n) is 3.97. The predicted molar refractivity (Wildman–Crippen MR) is 112 cm³/mol. The maximum Gasteiger partial charge on any atom is 0.240 e. The highest BCUT2D eigenvalue weighted by atomic mass is 16.5. The molecule has 1 aliphatic rings. The van der Waals surface area contributed by atoms with Crippen molar-refractivity contribution < 1.29 is 18.8 Å². The lowest BCUT2D eigenvalue weighted by Crippen LogP contribution is -2.50. The van der Waals surface area contributed by atoms with E-state index in [0.29, 0.717) is 34.0 Å². The normalized spacial score (nSPS) is 15.3. The van der Waals surface area contributed by atoms with E-state index in [-0.39, 0.29) is 18.2 Å². The van der Waals surface area contributed by atoms with Gasteiger partial charge in [0.2, 0.25) is 5.91 Å². The van der Waals surface area contributed by atoms with Crippen molar-refractivity contribution in [3.63, 3.8) is 0 Å². The molecule has 1 aliphatic heterocycles. The monoisotopic (exact) mass is 405 g/mol. The summed E-state index contributed by atoms with van der Waals surface area (Å²) in [6, 6.07) is 9.02. The van der Waals surface area contributed by atoms with Crippen molar-refractivity contribution in [3.8, 4) is 16.9 Å². The van der Waals surface area contributed by atoms with Gasteiger partial charge in [-0.05, 0) is 52.0 Å². The SMILES string of the molecule is COc1ccc2c(c1-c1c(C)noc1C)N(Cc1ccccn1)C(=O)C(C)(C)C2=O. The zero-order valence-corrected chi connectivity index (χ0v) is 17.6. The molecule has 0 bridgehead atoms. The maximum absolute atomic E-state index is 13.5. The second kappa shape index (κ2) is 7.09. The Morgan fingerprint density at radius 2 is 1.87 bits per heavy atom. The minimum absolute atomic E-state index is 0.226. The fourth-order valence-corrected chi connectivity index (χ4v) is 3.97. The number of hydrogen-bond acceptors (Lipinski definition) is 6. The number of anilines is 1. The first-order valence-electron chi connectivity index (χ1n) is 9.68. The van der Waals surface area contributed by atoms with Gasteiger partial charge >= 0.3 is 0 Å². The number of fused-ring (bicyclic) bond motifs is 1. The van der Waals surface area contributed by atoms with Gasteiger partial charge in [0, 0.05) is 11.8 Å². The van der Waals surface area contributed by atoms with E-state index in [2.05, 4.69) is 10.1 Å². The summed E-state index contributed by atoms with van der Waals surface area (Å²) in [4.78, 5) is 32.8. The Hall–Kier alpha value is -3.48. The van der Waals surface area contributed by atoms with Crippen molar-refractivity contribution in [1.29, 1.82) is 0 Å². The molecule has 4 rings (SSSR count). The van der Waals surface area contributed by atoms with Gasteiger partial charge in [-0.1, -0.05) is 11.2 Å². The number of aryl methyl sites for hydroxylation is 2. The van der Waals surface area contributed by atoms with Gasteiger partial charge in [0.15, 0.2) is 5.78 Å². The average molecular weight is 405 g/mol. The predicted octanol–water partition coefficient (Wildman–Crippen LogP) is 4.12. The van der Waals surface area contributed by atoms with Crippen LogP contribution < -0.4 is 9.64 Å². The molecule has 7 heteroatoms. The summed E-state index contributed by atoms with van der Waals surface area (Å²) in [5.74, 6) is 0.610. The molecule has 1 aromatic carbocycles. The first kappa shape index (κ1) is 19.8. The minimum atomic E-state index is -1.19. The van der Waals surface area contributed by atoms with Crippen LogP contribution in [0.2, 0.25) is 0 Å². The number of rotatable bonds is 4. The van der Waals surface area contributed by atoms with Gasteiger partial charge in [-0.15, -0.1) is 0 Å². The topological polar surface area (TPSA) is 85.5 Å². The van der Waals surface area contributed by atoms with Crippen LogP contribution in [0.15, 0.2) is 41.1 Å². The Morgan fingerprint density at radius 1 is 1.10 bits per heavy atom. The third-order valence-electron chi connectivity index (χ3n) is 5.55. The maximum atomic E-state index is 13.5. The largest absolute Gasteiger partial charge is 0.496 e. The molecule has 0 N–H and O–H groups in total. The summed E-state index contributed by atoms with van der Waals surface area (Å²) < 4.78 is 11.0. The molecule has 0 radical (unpaired) electrons. The number of benzene rings is 1. The zero-order chi connectivity index (χ0) is 21.6. The Labute approximate surface area is 174 Å². The number of Topliss-reactive ketones (excluding diaryl/α,β-unsaturated/α-hetero) is 1. The fraction of sp³-hybridized carbons (Fsp3) is 0.304. The van der Waals surface area contributed by atoms with Gasteiger partial charge < -0.3 is 14.2 Å². The van der Waals surface area contributed by atoms with Crippen LogP contribution in [-0.2, 0) is 11.3 Å². The number of carbonyl (C=O) groups is 2. The molecule has 3 aromatic rings. The van der Waals surface area contributed by atoms with Crippen LogP contribution in [0.3, 0.4) is 0 Å². The third-order valence-corrected chi connectivity index (χ3v) is 5.55. The molecular formula is C23H23N3O4. The molecule has 0 fully saturated rings. The first-order chi connectivity index (χ1) is 14.3. The van der Waals surface area contributed by atoms with Crippen LogP contribution in [0.5, 0.6) is 5.75 Å². The molecule has 0 aliphatic carbocycles. The lowest BCUT2D eigenvalue weighted by atomic mass is 9.77. The number of pyridine rings is 1. The molecule has 3 heterocycles. The van der Waals surface area contributed by atoms with Crippen LogP contribution in [0.4, 0.5) is 5.69 Å². The smallest absolute Gasteiger partial charge is 0.240 e. The van der Waals surface area contributed by atoms with E-state index in [0.717, 1.165) is 11.3 Å². The molecule has 30 heavy (non-hydrogen) atoms. The van der Waals surface area contributed by atoms with Crippen molar-refractivity contribution >= 4 is 17.4 Å². The van der Waals surface area contributed by atoms with E-state index in [4.69, 9.17) is 9.26 Å². The highest BCUT2D eigenvalue weighted by Crippen LogP contribution is 2.49. The van der Waals surface area contributed by atoms with Crippen molar-refractivity contribution in [2.24, 2.45) is 5.41 Å². The number of ether oxygens (including phenoxy) is 1. The minimum Gasteiger partial charge on any atom is -0.496 e. The Kier molecular flexibility index (Phi) is 4.68. The summed E-state index contributed by atoms with van der Waals surface area (Å²) >= 11 is 0. The second-order valence-electron chi connectivity index (χ2n) is 7.90. The molecule has 1 amide bonds. The Balaban J connectivity index is 2.04. The molecular weight excluding hydrogens is 382 g/mol. The number of nitrogens with zero attached hydrogens (tertiary/aromatic N) is 3. The second-order valence-corrected chi connectivity index (χ2v) is 7.90. The van der Waals surface area contributed by atoms with E-state index in [1.165, 1.54) is 0 Å². The number of methoxy groups -OCH3 is 1. The molecule has 7 nitrogen and oxygen atoms in total. The lowest BCUT2D eigenvalue weighted by molar-refractivity contribution is -0.124. The summed E-state index contributed by atoms with van der Waals surface area (Å²) in [6.07, 6.45) is 1.68. The lowest BCUT2D eigenvalue weighted by Gasteiger charge is -2.38. The summed E-state index contributed by atoms with van der Waals surface area (Å²) in [6.45, 7) is 7.17. The van der Waals surface area contributed by atoms with Gasteiger partial charge in [-0.25, -0.2) is 0 Å². The van der Waals surface area contributed by atoms with E-state index in [1.54, 1.807) is 51.1 Å². The highest BCUT2D eigenvalue weighted by Gasteiger charge is 2.47. The molecule has 0 saturated heterocycles. The van der Waals surface area contributed by atoms with Gasteiger partial charge in [-0.2, -0.15) is 0 Å². The highest BCUT2D eigenvalue weighted by molar-refractivity contribution is 6.26. The first-order valence-corrected chi connectivity index (χ1v) is 9.68. The van der Waals surface area contributed by atoms with E-state index >= 15 is 0 Å². The number of hydrogen-bond donors (Lipinski definition) is 0. The third kappa shape index (κ3) is 2.89. The van der Waals surface area contributed by atoms with E-state index in [1.807, 2.05) is 25.1 Å². The average Bonchev–Trinajstić information content (AvgIpc) is 3.07. The summed E-state index contributed by atoms with van der Waals surface area (Å²) in [7, 11) is 1.56. The number of ketones is 1. The quantitative estimate of drug-likeness (QED) is 0.607. The summed E-state index contributed by atoms with van der Waals surface area (Å²) in [5, 5.41) is 4.06. The van der Waals surface area contributed by atoms with Crippen LogP contribution in [0.1, 0.15) is 41.4 Å². The van der Waals surface area contributed by atoms with Crippen molar-refractivity contribution in [1.82, 2.24) is 10.1 Å². The molecule has 0 spiro atoms. The van der Waals surface area contributed by atoms with Gasteiger partial charge in [-0.3, -0.25) is 14.6 Å². The number of amides is 1. The van der Waals surface area contributed by atoms with Crippen LogP contribution in [-0.4, -0.2) is 28.9 Å². The van der Waals surface area contributed by atoms with E-state index < -0.39 is 5.41 Å². The van der Waals surface area contributed by atoms with Crippen molar-refractivity contribution in [2.75, 3.05) is 12.0 Å². The Morgan fingerprint density at radius 3 is 2.47 bits per heavy atom. The zero-order valence-electron chi connectivity index (χ0n) is 17.6. The van der Waals surface area contributed by atoms with Gasteiger partial charge in [0.25, 0.3) is 0 Å². The molecule has 154 valence electrons. The molecule has 0 atom stereocenters. The van der Waals surface area contributed by atoms with Crippen molar-refractivity contribution in [3.05, 3.63) is 59.2 Å². The van der Waals surface area contributed by atoms with E-state index in [9.17, 15) is 9.59 Å². The molecule has 2 aromatic heterocycles. The van der Waals surface area contributed by atoms with Crippen LogP contribution in [0.25, 0.3) is 11.1 Å². The molecule has 0 saturated carbocycles. The van der Waals surface area contributed by atoms with Gasteiger partial charge in [0.05, 0.1) is 41.9 Å². The van der Waals surface area contributed by atoms with Crippen LogP contribution in [0, 0.1) is 19.3 Å². The summed E-state index contributed by atoms with van der Waals surface area (Å²) in [5.41, 5.74) is 2.49. The van der Waals surface area contributed by atoms with Gasteiger partial charge in [0.1, 0.15) is 16.9 Å². The standard InChI is InChI=1S/C23H23N3O4/c1-13-18(14(2)30-25-13)19-17(29-5)10-9-16-20(19)26(12-15-8-6-7-11-24-15)22(28)23(3,4)21(16)27/h6-11H,12H2,1-5H3.